The maximum Gasteiger partial charge on any atom is 0.230 e. The van der Waals surface area contributed by atoms with Crippen molar-refractivity contribution in [1.29, 1.82) is 0 Å². The smallest absolute Gasteiger partial charge is 0.230 e. The molecular weight excluding hydrogens is 377 g/mol. The third-order valence-electron chi connectivity index (χ3n) is 4.84. The fraction of sp³-hybridized carbons (Fsp3) is 0.409. The molecule has 0 spiro atoms. The number of halogens is 1. The quantitative estimate of drug-likeness (QED) is 0.621. The Balaban J connectivity index is 1.55. The number of rotatable bonds is 8. The zero-order valence-corrected chi connectivity index (χ0v) is 17.1. The van der Waals surface area contributed by atoms with Crippen LogP contribution >= 0.6 is 11.8 Å². The first-order valence-corrected chi connectivity index (χ1v) is 10.6. The van der Waals surface area contributed by atoms with E-state index in [1.807, 2.05) is 25.1 Å². The molecule has 150 valence electrons. The Labute approximate surface area is 169 Å². The van der Waals surface area contributed by atoms with Crippen molar-refractivity contribution in [2.75, 3.05) is 12.9 Å². The summed E-state index contributed by atoms with van der Waals surface area (Å²) >= 11 is 1.38. The topological polar surface area (TPSA) is 47.6 Å². The van der Waals surface area contributed by atoms with E-state index in [1.54, 1.807) is 19.2 Å². The van der Waals surface area contributed by atoms with Gasteiger partial charge in [0.15, 0.2) is 11.5 Å². The van der Waals surface area contributed by atoms with Crippen molar-refractivity contribution in [2.24, 2.45) is 0 Å². The summed E-state index contributed by atoms with van der Waals surface area (Å²) in [5.41, 5.74) is 0.954. The van der Waals surface area contributed by atoms with Crippen LogP contribution in [0.4, 0.5) is 4.39 Å². The van der Waals surface area contributed by atoms with E-state index in [1.165, 1.54) is 36.7 Å². The largest absolute Gasteiger partial charge is 0.493 e. The van der Waals surface area contributed by atoms with Gasteiger partial charge in [-0.15, -0.1) is 11.8 Å². The van der Waals surface area contributed by atoms with E-state index in [-0.39, 0.29) is 29.6 Å². The molecule has 0 aromatic heterocycles. The maximum atomic E-state index is 12.9. The Morgan fingerprint density at radius 3 is 2.57 bits per heavy atom. The minimum absolute atomic E-state index is 0.0768. The van der Waals surface area contributed by atoms with Gasteiger partial charge in [-0.2, -0.15) is 0 Å². The molecule has 2 aromatic rings. The molecule has 1 atom stereocenters. The number of hydrogen-bond acceptors (Lipinski definition) is 4. The van der Waals surface area contributed by atoms with Crippen LogP contribution in [0.15, 0.2) is 47.4 Å². The number of methoxy groups -OCH3 is 1. The van der Waals surface area contributed by atoms with Crippen molar-refractivity contribution in [3.8, 4) is 11.5 Å². The minimum atomic E-state index is -0.281. The number of amides is 1. The van der Waals surface area contributed by atoms with Gasteiger partial charge in [-0.3, -0.25) is 4.79 Å². The third kappa shape index (κ3) is 5.64. The zero-order chi connectivity index (χ0) is 19.9. The third-order valence-corrected chi connectivity index (χ3v) is 5.86. The number of carbonyl (C=O) groups excluding carboxylic acids is 1. The SMILES string of the molecule is COc1cc(C(C)NC(=O)CSc2ccc(F)cc2)ccc1OC1CCCC1. The lowest BCUT2D eigenvalue weighted by atomic mass is 10.1. The average molecular weight is 404 g/mol. The van der Waals surface area contributed by atoms with E-state index in [9.17, 15) is 9.18 Å². The number of ether oxygens (including phenoxy) is 2. The molecule has 4 nitrogen and oxygen atoms in total. The zero-order valence-electron chi connectivity index (χ0n) is 16.2. The van der Waals surface area contributed by atoms with Gasteiger partial charge >= 0.3 is 0 Å². The Morgan fingerprint density at radius 1 is 1.18 bits per heavy atom. The second kappa shape index (κ2) is 9.82. The molecule has 1 amide bonds. The normalized spacial score (nSPS) is 15.2. The highest BCUT2D eigenvalue weighted by Crippen LogP contribution is 2.33. The summed E-state index contributed by atoms with van der Waals surface area (Å²) in [5.74, 6) is 1.36. The summed E-state index contributed by atoms with van der Waals surface area (Å²) in [4.78, 5) is 13.1. The Kier molecular flexibility index (Phi) is 7.20. The van der Waals surface area contributed by atoms with Gasteiger partial charge in [0.1, 0.15) is 5.82 Å². The number of benzene rings is 2. The van der Waals surface area contributed by atoms with E-state index in [2.05, 4.69) is 5.32 Å². The molecule has 3 rings (SSSR count). The molecule has 28 heavy (non-hydrogen) atoms. The van der Waals surface area contributed by atoms with Crippen molar-refractivity contribution in [3.05, 3.63) is 53.8 Å². The lowest BCUT2D eigenvalue weighted by Crippen LogP contribution is -2.28. The Morgan fingerprint density at radius 2 is 1.89 bits per heavy atom. The number of hydrogen-bond donors (Lipinski definition) is 1. The fourth-order valence-corrected chi connectivity index (χ4v) is 3.99. The Bertz CT molecular complexity index is 791. The molecule has 1 aliphatic carbocycles. The first-order chi connectivity index (χ1) is 13.5. The van der Waals surface area contributed by atoms with Crippen LogP contribution in [0, 0.1) is 5.82 Å². The molecule has 0 heterocycles. The van der Waals surface area contributed by atoms with Gasteiger partial charge in [-0.1, -0.05) is 6.07 Å². The van der Waals surface area contributed by atoms with Crippen LogP contribution < -0.4 is 14.8 Å². The van der Waals surface area contributed by atoms with Crippen LogP contribution in [0.2, 0.25) is 0 Å². The summed E-state index contributed by atoms with van der Waals surface area (Å²) in [7, 11) is 1.63. The lowest BCUT2D eigenvalue weighted by molar-refractivity contribution is -0.119. The molecule has 6 heteroatoms. The molecule has 0 bridgehead atoms. The molecule has 0 saturated heterocycles. The molecular formula is C22H26FNO3S. The highest BCUT2D eigenvalue weighted by molar-refractivity contribution is 8.00. The van der Waals surface area contributed by atoms with Crippen LogP contribution in [-0.4, -0.2) is 24.9 Å². The predicted octanol–water partition coefficient (Wildman–Crippen LogP) is 5.13. The highest BCUT2D eigenvalue weighted by Gasteiger charge is 2.19. The van der Waals surface area contributed by atoms with Crippen LogP contribution in [0.1, 0.15) is 44.2 Å². The van der Waals surface area contributed by atoms with Gasteiger partial charge in [0.25, 0.3) is 0 Å². The van der Waals surface area contributed by atoms with E-state index in [4.69, 9.17) is 9.47 Å². The molecule has 1 aliphatic rings. The summed E-state index contributed by atoms with van der Waals surface area (Å²) in [5, 5.41) is 2.99. The molecule has 1 N–H and O–H groups in total. The van der Waals surface area contributed by atoms with Crippen LogP contribution in [0.25, 0.3) is 0 Å². The maximum absolute atomic E-state index is 12.9. The summed E-state index contributed by atoms with van der Waals surface area (Å²) in [6, 6.07) is 11.8. The molecule has 2 aromatic carbocycles. The van der Waals surface area contributed by atoms with Gasteiger partial charge in [0.2, 0.25) is 5.91 Å². The summed E-state index contributed by atoms with van der Waals surface area (Å²) in [6.07, 6.45) is 4.86. The average Bonchev–Trinajstić information content (AvgIpc) is 3.21. The second-order valence-electron chi connectivity index (χ2n) is 6.97. The highest BCUT2D eigenvalue weighted by atomic mass is 32.2. The minimum Gasteiger partial charge on any atom is -0.493 e. The number of carbonyl (C=O) groups is 1. The van der Waals surface area contributed by atoms with Gasteiger partial charge < -0.3 is 14.8 Å². The van der Waals surface area contributed by atoms with Crippen molar-refractivity contribution in [1.82, 2.24) is 5.32 Å². The standard InChI is InChI=1S/C22H26FNO3S/c1-15(24-22(25)14-28-19-10-8-17(23)9-11-19)16-7-12-20(21(13-16)26-2)27-18-5-3-4-6-18/h7-13,15,18H,3-6,14H2,1-2H3,(H,24,25). The molecule has 1 unspecified atom stereocenters. The van der Waals surface area contributed by atoms with Gasteiger partial charge in [0.05, 0.1) is 25.0 Å². The monoisotopic (exact) mass is 403 g/mol. The van der Waals surface area contributed by atoms with Crippen LogP contribution in [0.5, 0.6) is 11.5 Å². The molecule has 1 fully saturated rings. The first kappa shape index (κ1) is 20.5. The first-order valence-electron chi connectivity index (χ1n) is 9.57. The van der Waals surface area contributed by atoms with E-state index >= 15 is 0 Å². The van der Waals surface area contributed by atoms with Crippen molar-refractivity contribution >= 4 is 17.7 Å². The molecule has 0 aliphatic heterocycles. The Hall–Kier alpha value is -2.21. The lowest BCUT2D eigenvalue weighted by Gasteiger charge is -2.19. The number of thioether (sulfide) groups is 1. The summed E-state index contributed by atoms with van der Waals surface area (Å²) < 4.78 is 24.5. The number of nitrogens with one attached hydrogen (secondary N) is 1. The van der Waals surface area contributed by atoms with Gasteiger partial charge in [-0.05, 0) is 74.6 Å². The van der Waals surface area contributed by atoms with Crippen molar-refractivity contribution < 1.29 is 18.7 Å². The van der Waals surface area contributed by atoms with Gasteiger partial charge in [-0.25, -0.2) is 4.39 Å². The van der Waals surface area contributed by atoms with E-state index in [0.29, 0.717) is 5.75 Å². The van der Waals surface area contributed by atoms with E-state index < -0.39 is 0 Å². The second-order valence-corrected chi connectivity index (χ2v) is 8.02. The van der Waals surface area contributed by atoms with Crippen molar-refractivity contribution in [3.63, 3.8) is 0 Å². The van der Waals surface area contributed by atoms with Crippen LogP contribution in [0.3, 0.4) is 0 Å². The van der Waals surface area contributed by atoms with Crippen molar-refractivity contribution in [2.45, 2.75) is 49.6 Å². The van der Waals surface area contributed by atoms with Gasteiger partial charge in [0, 0.05) is 4.90 Å². The molecule has 0 radical (unpaired) electrons. The van der Waals surface area contributed by atoms with E-state index in [0.717, 1.165) is 29.1 Å². The summed E-state index contributed by atoms with van der Waals surface area (Å²) in [6.45, 7) is 1.94. The molecule has 1 saturated carbocycles. The fourth-order valence-electron chi connectivity index (χ4n) is 3.28. The van der Waals surface area contributed by atoms with Crippen LogP contribution in [-0.2, 0) is 4.79 Å². The predicted molar refractivity (Wildman–Crippen MR) is 110 cm³/mol.